The summed E-state index contributed by atoms with van der Waals surface area (Å²) in [5, 5.41) is 35.8. The Labute approximate surface area is 94.6 Å². The molecule has 0 saturated heterocycles. The second kappa shape index (κ2) is 4.12. The minimum absolute atomic E-state index is 0.0302. The first kappa shape index (κ1) is 12.5. The topological polar surface area (TPSA) is 132 Å². The average molecular weight is 240 g/mol. The van der Waals surface area contributed by atoms with Crippen LogP contribution < -0.4 is 0 Å². The number of aromatic hydroxyl groups is 1. The van der Waals surface area contributed by atoms with Crippen molar-refractivity contribution in [3.8, 4) is 5.75 Å². The fourth-order valence-electron chi connectivity index (χ4n) is 1.51. The van der Waals surface area contributed by atoms with E-state index in [1.807, 2.05) is 0 Å². The summed E-state index contributed by atoms with van der Waals surface area (Å²) < 4.78 is 0. The van der Waals surface area contributed by atoms with Crippen LogP contribution in [-0.2, 0) is 0 Å². The average Bonchev–Trinajstić information content (AvgIpc) is 2.14. The molecule has 7 nitrogen and oxygen atoms in total. The van der Waals surface area contributed by atoms with Crippen molar-refractivity contribution in [2.75, 3.05) is 0 Å². The highest BCUT2D eigenvalue weighted by Crippen LogP contribution is 2.28. The number of benzene rings is 1. The van der Waals surface area contributed by atoms with Gasteiger partial charge < -0.3 is 20.4 Å². The van der Waals surface area contributed by atoms with Crippen LogP contribution in [0.1, 0.15) is 36.6 Å². The van der Waals surface area contributed by atoms with E-state index in [2.05, 4.69) is 0 Å². The predicted molar refractivity (Wildman–Crippen MR) is 53.7 cm³/mol. The van der Waals surface area contributed by atoms with Crippen LogP contribution in [0.2, 0.25) is 0 Å². The first-order valence-corrected chi connectivity index (χ1v) is 4.33. The number of phenols is 1. The van der Waals surface area contributed by atoms with Gasteiger partial charge in [0.1, 0.15) is 11.3 Å². The Morgan fingerprint density at radius 3 is 1.65 bits per heavy atom. The van der Waals surface area contributed by atoms with E-state index < -0.39 is 40.3 Å². The van der Waals surface area contributed by atoms with E-state index in [0.717, 1.165) is 6.07 Å². The maximum absolute atomic E-state index is 10.9. The Balaban J connectivity index is 3.85. The molecule has 1 aromatic carbocycles. The highest BCUT2D eigenvalue weighted by molar-refractivity contribution is 6.11. The lowest BCUT2D eigenvalue weighted by atomic mass is 9.95. The molecule has 4 N–H and O–H groups in total. The lowest BCUT2D eigenvalue weighted by molar-refractivity contribution is 0.0630. The van der Waals surface area contributed by atoms with Gasteiger partial charge in [-0.3, -0.25) is 0 Å². The summed E-state index contributed by atoms with van der Waals surface area (Å²) in [6, 6.07) is 0.902. The molecule has 1 aromatic rings. The Kier molecular flexibility index (Phi) is 3.03. The van der Waals surface area contributed by atoms with Gasteiger partial charge >= 0.3 is 17.9 Å². The maximum atomic E-state index is 10.9. The Morgan fingerprint density at radius 1 is 0.882 bits per heavy atom. The summed E-state index contributed by atoms with van der Waals surface area (Å²) >= 11 is 0. The van der Waals surface area contributed by atoms with Crippen molar-refractivity contribution in [3.63, 3.8) is 0 Å². The van der Waals surface area contributed by atoms with E-state index in [4.69, 9.17) is 15.3 Å². The van der Waals surface area contributed by atoms with Gasteiger partial charge in [-0.25, -0.2) is 14.4 Å². The molecule has 0 fully saturated rings. The van der Waals surface area contributed by atoms with Crippen LogP contribution in [0.15, 0.2) is 6.07 Å². The third kappa shape index (κ3) is 2.03. The van der Waals surface area contributed by atoms with Crippen molar-refractivity contribution in [1.29, 1.82) is 0 Å². The van der Waals surface area contributed by atoms with Crippen LogP contribution in [0.5, 0.6) is 5.75 Å². The largest absolute Gasteiger partial charge is 0.507 e. The minimum atomic E-state index is -1.72. The summed E-state index contributed by atoms with van der Waals surface area (Å²) in [7, 11) is 0. The number of hydrogen-bond donors (Lipinski definition) is 4. The molecule has 17 heavy (non-hydrogen) atoms. The number of rotatable bonds is 3. The van der Waals surface area contributed by atoms with Gasteiger partial charge in [-0.2, -0.15) is 0 Å². The van der Waals surface area contributed by atoms with Gasteiger partial charge in [-0.05, 0) is 18.6 Å². The summed E-state index contributed by atoms with van der Waals surface area (Å²) in [5.41, 5.74) is -2.53. The van der Waals surface area contributed by atoms with E-state index in [1.165, 1.54) is 6.92 Å². The SMILES string of the molecule is Cc1cc(O)c(C(=O)O)c(C(=O)O)c1C(=O)O. The molecule has 0 saturated carbocycles. The zero-order valence-corrected chi connectivity index (χ0v) is 8.59. The van der Waals surface area contributed by atoms with Crippen molar-refractivity contribution in [2.24, 2.45) is 0 Å². The second-order valence-electron chi connectivity index (χ2n) is 3.25. The summed E-state index contributed by atoms with van der Waals surface area (Å²) in [6.45, 7) is 1.27. The lowest BCUT2D eigenvalue weighted by Crippen LogP contribution is -2.16. The van der Waals surface area contributed by atoms with Gasteiger partial charge in [0, 0.05) is 0 Å². The number of carbonyl (C=O) groups is 3. The zero-order valence-electron chi connectivity index (χ0n) is 8.59. The van der Waals surface area contributed by atoms with Crippen LogP contribution in [-0.4, -0.2) is 38.3 Å². The lowest BCUT2D eigenvalue weighted by Gasteiger charge is -2.10. The monoisotopic (exact) mass is 240 g/mol. The smallest absolute Gasteiger partial charge is 0.340 e. The molecule has 0 aliphatic carbocycles. The summed E-state index contributed by atoms with van der Waals surface area (Å²) in [6.07, 6.45) is 0. The van der Waals surface area contributed by atoms with E-state index >= 15 is 0 Å². The molecule has 0 radical (unpaired) electrons. The third-order valence-corrected chi connectivity index (χ3v) is 2.15. The van der Waals surface area contributed by atoms with E-state index in [-0.39, 0.29) is 5.56 Å². The first-order valence-electron chi connectivity index (χ1n) is 4.33. The molecule has 0 spiro atoms. The highest BCUT2D eigenvalue weighted by atomic mass is 16.4. The fourth-order valence-corrected chi connectivity index (χ4v) is 1.51. The van der Waals surface area contributed by atoms with Gasteiger partial charge in [-0.15, -0.1) is 0 Å². The first-order chi connectivity index (χ1) is 7.77. The number of aryl methyl sites for hydroxylation is 1. The molecule has 0 atom stereocenters. The molecule has 0 unspecified atom stereocenters. The Morgan fingerprint density at radius 2 is 1.29 bits per heavy atom. The number of aromatic carboxylic acids is 3. The quantitative estimate of drug-likeness (QED) is 0.614. The van der Waals surface area contributed by atoms with Crippen molar-refractivity contribution in [3.05, 3.63) is 28.3 Å². The summed E-state index contributed by atoms with van der Waals surface area (Å²) in [5.74, 6) is -5.78. The fraction of sp³-hybridized carbons (Fsp3) is 0.100. The normalized spacial score (nSPS) is 9.94. The zero-order chi connectivity index (χ0) is 13.3. The molecule has 0 aliphatic heterocycles. The van der Waals surface area contributed by atoms with Gasteiger partial charge in [0.05, 0.1) is 11.1 Å². The highest BCUT2D eigenvalue weighted by Gasteiger charge is 2.28. The molecule has 0 aromatic heterocycles. The predicted octanol–water partition coefficient (Wildman–Crippen LogP) is 0.795. The van der Waals surface area contributed by atoms with Crippen LogP contribution in [0.25, 0.3) is 0 Å². The van der Waals surface area contributed by atoms with Crippen molar-refractivity contribution in [1.82, 2.24) is 0 Å². The van der Waals surface area contributed by atoms with Crippen LogP contribution in [0, 0.1) is 6.92 Å². The van der Waals surface area contributed by atoms with E-state index in [9.17, 15) is 19.5 Å². The number of carboxylic acids is 3. The molecule has 0 aliphatic rings. The molecule has 7 heteroatoms. The molecule has 1 rings (SSSR count). The molecule has 90 valence electrons. The van der Waals surface area contributed by atoms with E-state index in [0.29, 0.717) is 0 Å². The third-order valence-electron chi connectivity index (χ3n) is 2.15. The van der Waals surface area contributed by atoms with Crippen molar-refractivity contribution >= 4 is 17.9 Å². The van der Waals surface area contributed by atoms with Crippen molar-refractivity contribution in [2.45, 2.75) is 6.92 Å². The standard InChI is InChI=1S/C10H8O7/c1-3-2-4(11)6(9(14)15)7(10(16)17)5(3)8(12)13/h2,11H,1H3,(H,12,13)(H,14,15)(H,16,17). The number of carboxylic acid groups (broad SMARTS) is 3. The summed E-state index contributed by atoms with van der Waals surface area (Å²) in [4.78, 5) is 32.6. The van der Waals surface area contributed by atoms with Crippen molar-refractivity contribution < 1.29 is 34.8 Å². The molecule has 0 amide bonds. The molecular weight excluding hydrogens is 232 g/mol. The van der Waals surface area contributed by atoms with Gasteiger partial charge in [0.15, 0.2) is 0 Å². The molecule has 0 bridgehead atoms. The second-order valence-corrected chi connectivity index (χ2v) is 3.25. The van der Waals surface area contributed by atoms with Crippen LogP contribution in [0.4, 0.5) is 0 Å². The minimum Gasteiger partial charge on any atom is -0.507 e. The van der Waals surface area contributed by atoms with Crippen LogP contribution >= 0.6 is 0 Å². The Bertz CT molecular complexity index is 492. The maximum Gasteiger partial charge on any atom is 0.340 e. The Hall–Kier alpha value is -2.57. The van der Waals surface area contributed by atoms with Crippen LogP contribution in [0.3, 0.4) is 0 Å². The van der Waals surface area contributed by atoms with Gasteiger partial charge in [-0.1, -0.05) is 0 Å². The van der Waals surface area contributed by atoms with Gasteiger partial charge in [0.2, 0.25) is 0 Å². The van der Waals surface area contributed by atoms with Gasteiger partial charge in [0.25, 0.3) is 0 Å². The molecule has 0 heterocycles. The number of hydrogen-bond acceptors (Lipinski definition) is 4. The molecular formula is C10H8O7. The van der Waals surface area contributed by atoms with E-state index in [1.54, 1.807) is 0 Å².